The van der Waals surface area contributed by atoms with Gasteiger partial charge < -0.3 is 14.7 Å². The van der Waals surface area contributed by atoms with Crippen molar-refractivity contribution in [1.82, 2.24) is 4.90 Å². The van der Waals surface area contributed by atoms with Crippen LogP contribution in [0.4, 0.5) is 4.79 Å². The van der Waals surface area contributed by atoms with Crippen LogP contribution in [0.25, 0.3) is 0 Å². The third-order valence-electron chi connectivity index (χ3n) is 4.06. The molecule has 22 heavy (non-hydrogen) atoms. The summed E-state index contributed by atoms with van der Waals surface area (Å²) >= 11 is 0. The second-order valence-corrected chi connectivity index (χ2v) is 5.57. The maximum atomic E-state index is 12.5. The zero-order valence-corrected chi connectivity index (χ0v) is 12.4. The summed E-state index contributed by atoms with van der Waals surface area (Å²) in [7, 11) is 1.26. The summed E-state index contributed by atoms with van der Waals surface area (Å²) in [6, 6.07) is 9.30. The summed E-state index contributed by atoms with van der Waals surface area (Å²) in [5, 5.41) is 9.21. The van der Waals surface area contributed by atoms with E-state index in [2.05, 4.69) is 0 Å². The number of methoxy groups -OCH3 is 1. The van der Waals surface area contributed by atoms with Crippen molar-refractivity contribution in [2.75, 3.05) is 20.2 Å². The molecule has 6 heteroatoms. The van der Waals surface area contributed by atoms with Crippen LogP contribution >= 0.6 is 0 Å². The molecular formula is C16H19NO5. The minimum Gasteiger partial charge on any atom is -0.469 e. The van der Waals surface area contributed by atoms with E-state index in [0.29, 0.717) is 6.42 Å². The van der Waals surface area contributed by atoms with E-state index in [0.717, 1.165) is 5.56 Å². The Kier molecular flexibility index (Phi) is 4.80. The molecule has 0 bridgehead atoms. The highest BCUT2D eigenvalue weighted by Crippen LogP contribution is 2.35. The van der Waals surface area contributed by atoms with Crippen molar-refractivity contribution in [3.05, 3.63) is 35.9 Å². The normalized spacial score (nSPS) is 21.5. The molecule has 0 saturated carbocycles. The zero-order valence-electron chi connectivity index (χ0n) is 12.4. The number of rotatable bonds is 4. The van der Waals surface area contributed by atoms with Gasteiger partial charge >= 0.3 is 12.1 Å². The lowest BCUT2D eigenvalue weighted by molar-refractivity contribution is -0.149. The molecule has 0 spiro atoms. The van der Waals surface area contributed by atoms with Crippen molar-refractivity contribution in [1.29, 1.82) is 0 Å². The fraction of sp³-hybridized carbons (Fsp3) is 0.438. The van der Waals surface area contributed by atoms with Gasteiger partial charge in [-0.3, -0.25) is 9.59 Å². The zero-order chi connectivity index (χ0) is 16.2. The van der Waals surface area contributed by atoms with Gasteiger partial charge in [0.1, 0.15) is 5.78 Å². The van der Waals surface area contributed by atoms with Crippen molar-refractivity contribution in [2.24, 2.45) is 5.41 Å². The third kappa shape index (κ3) is 3.44. The van der Waals surface area contributed by atoms with Gasteiger partial charge in [0.25, 0.3) is 0 Å². The van der Waals surface area contributed by atoms with E-state index in [1.54, 1.807) is 0 Å². The summed E-state index contributed by atoms with van der Waals surface area (Å²) in [6.45, 7) is 0.192. The number of ketones is 1. The molecule has 6 nitrogen and oxygen atoms in total. The first-order chi connectivity index (χ1) is 10.5. The number of Topliss-reactive ketones (excluding diaryl/α,β-unsaturated/α-hetero) is 1. The maximum absolute atomic E-state index is 12.5. The number of ether oxygens (including phenoxy) is 1. The highest BCUT2D eigenvalue weighted by Gasteiger charge is 2.45. The average molecular weight is 305 g/mol. The highest BCUT2D eigenvalue weighted by atomic mass is 16.5. The van der Waals surface area contributed by atoms with Crippen LogP contribution in [-0.2, 0) is 20.7 Å². The van der Waals surface area contributed by atoms with Gasteiger partial charge in [-0.15, -0.1) is 0 Å². The van der Waals surface area contributed by atoms with Gasteiger partial charge in [0, 0.05) is 19.5 Å². The number of carbonyl (C=O) groups is 3. The summed E-state index contributed by atoms with van der Waals surface area (Å²) in [6.07, 6.45) is -0.738. The van der Waals surface area contributed by atoms with E-state index in [1.165, 1.54) is 12.0 Å². The maximum Gasteiger partial charge on any atom is 0.407 e. The summed E-state index contributed by atoms with van der Waals surface area (Å²) < 4.78 is 4.70. The Morgan fingerprint density at radius 1 is 1.32 bits per heavy atom. The number of piperidine rings is 1. The Balaban J connectivity index is 2.32. The molecule has 1 aliphatic heterocycles. The lowest BCUT2D eigenvalue weighted by atomic mass is 9.71. The molecule has 1 aromatic carbocycles. The number of benzene rings is 1. The molecule has 0 aromatic heterocycles. The fourth-order valence-corrected chi connectivity index (χ4v) is 2.90. The molecule has 1 fully saturated rings. The molecule has 118 valence electrons. The number of nitrogens with zero attached hydrogens (tertiary/aromatic N) is 1. The predicted octanol–water partition coefficient (Wildman–Crippen LogP) is 1.73. The largest absolute Gasteiger partial charge is 0.469 e. The third-order valence-corrected chi connectivity index (χ3v) is 4.06. The highest BCUT2D eigenvalue weighted by molar-refractivity contribution is 5.91. The van der Waals surface area contributed by atoms with Gasteiger partial charge in [-0.25, -0.2) is 4.79 Å². The predicted molar refractivity (Wildman–Crippen MR) is 78.4 cm³/mol. The minimum atomic E-state index is -1.07. The molecular weight excluding hydrogens is 286 g/mol. The summed E-state index contributed by atoms with van der Waals surface area (Å²) in [5.74, 6) is -0.587. The lowest BCUT2D eigenvalue weighted by Crippen LogP contribution is -2.53. The SMILES string of the molecule is COC(=O)CC1(Cc2ccccc2)CN(C(=O)O)CCC1=O. The van der Waals surface area contributed by atoms with Gasteiger partial charge in [0.05, 0.1) is 18.9 Å². The minimum absolute atomic E-state index is 0.0190. The topological polar surface area (TPSA) is 83.9 Å². The quantitative estimate of drug-likeness (QED) is 0.856. The first kappa shape index (κ1) is 16.0. The van der Waals surface area contributed by atoms with Crippen LogP contribution in [-0.4, -0.2) is 48.1 Å². The summed E-state index contributed by atoms with van der Waals surface area (Å²) in [4.78, 5) is 36.7. The molecule has 1 aliphatic rings. The van der Waals surface area contributed by atoms with Gasteiger partial charge in [-0.05, 0) is 12.0 Å². The van der Waals surface area contributed by atoms with Crippen molar-refractivity contribution in [3.8, 4) is 0 Å². The number of hydrogen-bond donors (Lipinski definition) is 1. The van der Waals surface area contributed by atoms with Crippen LogP contribution in [0.2, 0.25) is 0 Å². The van der Waals surface area contributed by atoms with Gasteiger partial charge in [-0.1, -0.05) is 30.3 Å². The Morgan fingerprint density at radius 2 is 2.00 bits per heavy atom. The Labute approximate surface area is 128 Å². The number of amides is 1. The van der Waals surface area contributed by atoms with E-state index >= 15 is 0 Å². The first-order valence-corrected chi connectivity index (χ1v) is 7.09. The Bertz CT molecular complexity index is 571. The van der Waals surface area contributed by atoms with Crippen LogP contribution in [0.3, 0.4) is 0 Å². The molecule has 1 atom stereocenters. The van der Waals surface area contributed by atoms with Crippen molar-refractivity contribution in [3.63, 3.8) is 0 Å². The van der Waals surface area contributed by atoms with Crippen molar-refractivity contribution in [2.45, 2.75) is 19.3 Å². The average Bonchev–Trinajstić information content (AvgIpc) is 2.50. The molecule has 1 saturated heterocycles. The number of esters is 1. The number of hydrogen-bond acceptors (Lipinski definition) is 4. The molecule has 0 radical (unpaired) electrons. The number of carboxylic acid groups (broad SMARTS) is 1. The van der Waals surface area contributed by atoms with Crippen molar-refractivity contribution < 1.29 is 24.2 Å². The van der Waals surface area contributed by atoms with E-state index in [4.69, 9.17) is 4.74 Å². The van der Waals surface area contributed by atoms with Gasteiger partial charge in [0.15, 0.2) is 0 Å². The second-order valence-electron chi connectivity index (χ2n) is 5.57. The monoisotopic (exact) mass is 305 g/mol. The Hall–Kier alpha value is -2.37. The van der Waals surface area contributed by atoms with Crippen molar-refractivity contribution >= 4 is 17.8 Å². The van der Waals surface area contributed by atoms with E-state index in [-0.39, 0.29) is 31.7 Å². The summed E-state index contributed by atoms with van der Waals surface area (Å²) in [5.41, 5.74) is -0.155. The van der Waals surface area contributed by atoms with Crippen LogP contribution < -0.4 is 0 Å². The standard InChI is InChI=1S/C16H19NO5/c1-22-14(19)10-16(9-12-5-3-2-4-6-12)11-17(15(20)21)8-7-13(16)18/h2-6H,7-11H2,1H3,(H,20,21). The Morgan fingerprint density at radius 3 is 2.59 bits per heavy atom. The van der Waals surface area contributed by atoms with Crippen LogP contribution in [0.15, 0.2) is 30.3 Å². The van der Waals surface area contributed by atoms with Crippen LogP contribution in [0.1, 0.15) is 18.4 Å². The number of likely N-dealkylation sites (tertiary alicyclic amines) is 1. The fourth-order valence-electron chi connectivity index (χ4n) is 2.90. The van der Waals surface area contributed by atoms with Gasteiger partial charge in [-0.2, -0.15) is 0 Å². The van der Waals surface area contributed by atoms with Crippen LogP contribution in [0, 0.1) is 5.41 Å². The van der Waals surface area contributed by atoms with E-state index in [1.807, 2.05) is 30.3 Å². The van der Waals surface area contributed by atoms with Crippen LogP contribution in [0.5, 0.6) is 0 Å². The van der Waals surface area contributed by atoms with E-state index < -0.39 is 17.5 Å². The lowest BCUT2D eigenvalue weighted by Gasteiger charge is -2.40. The van der Waals surface area contributed by atoms with E-state index in [9.17, 15) is 19.5 Å². The molecule has 0 aliphatic carbocycles. The second kappa shape index (κ2) is 6.60. The number of carbonyl (C=O) groups excluding carboxylic acids is 2. The molecule has 1 N–H and O–H groups in total. The molecule has 1 aromatic rings. The van der Waals surface area contributed by atoms with Gasteiger partial charge in [0.2, 0.25) is 0 Å². The molecule has 2 rings (SSSR count). The molecule has 1 heterocycles. The molecule has 1 amide bonds. The smallest absolute Gasteiger partial charge is 0.407 e. The molecule has 1 unspecified atom stereocenters. The first-order valence-electron chi connectivity index (χ1n) is 7.09.